The third-order valence-electron chi connectivity index (χ3n) is 3.64. The van der Waals surface area contributed by atoms with Gasteiger partial charge in [-0.25, -0.2) is 0 Å². The molecule has 0 unspecified atom stereocenters. The van der Waals surface area contributed by atoms with Gasteiger partial charge in [-0.2, -0.15) is 5.10 Å². The normalized spacial score (nSPS) is 17.5. The lowest BCUT2D eigenvalue weighted by Gasteiger charge is -2.24. The van der Waals surface area contributed by atoms with Gasteiger partial charge in [-0.05, 0) is 29.8 Å². The van der Waals surface area contributed by atoms with Gasteiger partial charge in [0.1, 0.15) is 0 Å². The third kappa shape index (κ3) is 2.39. The van der Waals surface area contributed by atoms with Gasteiger partial charge in [-0.3, -0.25) is 5.01 Å². The van der Waals surface area contributed by atoms with Gasteiger partial charge in [0.25, 0.3) is 0 Å². The molecule has 3 nitrogen and oxygen atoms in total. The highest BCUT2D eigenvalue weighted by molar-refractivity contribution is 5.68. The van der Waals surface area contributed by atoms with Crippen LogP contribution in [0.1, 0.15) is 18.0 Å². The number of hydrazone groups is 1. The van der Waals surface area contributed by atoms with E-state index >= 15 is 0 Å². The van der Waals surface area contributed by atoms with Crippen molar-refractivity contribution in [2.75, 3.05) is 24.0 Å². The topological polar surface area (TPSA) is 18.8 Å². The number of rotatable bonds is 3. The van der Waals surface area contributed by atoms with E-state index in [9.17, 15) is 0 Å². The van der Waals surface area contributed by atoms with Crippen LogP contribution in [0.25, 0.3) is 0 Å². The van der Waals surface area contributed by atoms with E-state index in [0.29, 0.717) is 6.04 Å². The highest BCUT2D eigenvalue weighted by Crippen LogP contribution is 2.33. The lowest BCUT2D eigenvalue weighted by atomic mass is 10.0. The molecule has 0 N–H and O–H groups in total. The summed E-state index contributed by atoms with van der Waals surface area (Å²) < 4.78 is 0. The van der Waals surface area contributed by atoms with Crippen LogP contribution in [0.4, 0.5) is 11.4 Å². The summed E-state index contributed by atoms with van der Waals surface area (Å²) in [6.45, 7) is 0. The third-order valence-corrected chi connectivity index (χ3v) is 3.64. The van der Waals surface area contributed by atoms with Crippen molar-refractivity contribution in [1.29, 1.82) is 0 Å². The van der Waals surface area contributed by atoms with Crippen molar-refractivity contribution in [2.45, 2.75) is 12.5 Å². The van der Waals surface area contributed by atoms with Crippen LogP contribution in [0.15, 0.2) is 59.7 Å². The molecule has 0 fully saturated rings. The van der Waals surface area contributed by atoms with Crippen LogP contribution in [0.5, 0.6) is 0 Å². The highest BCUT2D eigenvalue weighted by Gasteiger charge is 2.23. The Kier molecular flexibility index (Phi) is 3.42. The van der Waals surface area contributed by atoms with Gasteiger partial charge in [0.15, 0.2) is 0 Å². The van der Waals surface area contributed by atoms with Crippen molar-refractivity contribution in [3.8, 4) is 0 Å². The van der Waals surface area contributed by atoms with E-state index in [2.05, 4.69) is 77.6 Å². The van der Waals surface area contributed by atoms with Crippen molar-refractivity contribution in [1.82, 2.24) is 0 Å². The van der Waals surface area contributed by atoms with E-state index < -0.39 is 0 Å². The molecule has 0 amide bonds. The zero-order valence-electron chi connectivity index (χ0n) is 11.9. The van der Waals surface area contributed by atoms with E-state index in [1.54, 1.807) is 0 Å². The second-order valence-electron chi connectivity index (χ2n) is 5.22. The molecule has 3 heteroatoms. The molecule has 0 spiro atoms. The summed E-state index contributed by atoms with van der Waals surface area (Å²) >= 11 is 0. The average molecular weight is 265 g/mol. The van der Waals surface area contributed by atoms with Crippen molar-refractivity contribution in [3.63, 3.8) is 0 Å². The second kappa shape index (κ2) is 5.37. The minimum atomic E-state index is 0.300. The minimum absolute atomic E-state index is 0.300. The van der Waals surface area contributed by atoms with Crippen molar-refractivity contribution in [3.05, 3.63) is 60.2 Å². The summed E-state index contributed by atoms with van der Waals surface area (Å²) in [4.78, 5) is 2.11. The zero-order chi connectivity index (χ0) is 13.9. The summed E-state index contributed by atoms with van der Waals surface area (Å²) in [5.74, 6) is 0. The van der Waals surface area contributed by atoms with Crippen LogP contribution in [-0.2, 0) is 0 Å². The van der Waals surface area contributed by atoms with Gasteiger partial charge in [-0.15, -0.1) is 0 Å². The van der Waals surface area contributed by atoms with Crippen molar-refractivity contribution >= 4 is 17.6 Å². The zero-order valence-corrected chi connectivity index (χ0v) is 11.9. The van der Waals surface area contributed by atoms with Gasteiger partial charge in [0.2, 0.25) is 0 Å². The Morgan fingerprint density at radius 3 is 2.35 bits per heavy atom. The number of hydrogen-bond acceptors (Lipinski definition) is 3. The fourth-order valence-electron chi connectivity index (χ4n) is 2.51. The molecule has 2 aromatic carbocycles. The molecule has 0 bridgehead atoms. The molecule has 1 aliphatic rings. The first-order chi connectivity index (χ1) is 9.75. The number of anilines is 2. The number of benzene rings is 2. The van der Waals surface area contributed by atoms with Crippen LogP contribution in [-0.4, -0.2) is 20.3 Å². The molecule has 0 saturated carbocycles. The molecule has 0 aliphatic carbocycles. The Labute approximate surface area is 120 Å². The van der Waals surface area contributed by atoms with E-state index in [4.69, 9.17) is 0 Å². The van der Waals surface area contributed by atoms with Crippen molar-refractivity contribution < 1.29 is 0 Å². The molecule has 102 valence electrons. The quantitative estimate of drug-likeness (QED) is 0.843. The Hall–Kier alpha value is -2.29. The molecular weight excluding hydrogens is 246 g/mol. The molecule has 0 aromatic heterocycles. The standard InChI is InChI=1S/C17H19N3/c1-19(2)15-10-8-14(9-11-15)17-12-13-18-20(17)16-6-4-3-5-7-16/h3-11,13,17H,12H2,1-2H3/t17-/m1/s1. The Balaban J connectivity index is 1.86. The number of nitrogens with zero attached hydrogens (tertiary/aromatic N) is 3. The van der Waals surface area contributed by atoms with Gasteiger partial charge in [0.05, 0.1) is 11.7 Å². The van der Waals surface area contributed by atoms with Gasteiger partial charge in [-0.1, -0.05) is 30.3 Å². The maximum atomic E-state index is 4.52. The summed E-state index contributed by atoms with van der Waals surface area (Å²) in [5.41, 5.74) is 3.67. The smallest absolute Gasteiger partial charge is 0.0825 e. The highest BCUT2D eigenvalue weighted by atomic mass is 15.5. The van der Waals surface area contributed by atoms with Gasteiger partial charge < -0.3 is 4.90 Å². The molecule has 0 saturated heterocycles. The molecular formula is C17H19N3. The van der Waals surface area contributed by atoms with Crippen LogP contribution < -0.4 is 9.91 Å². The minimum Gasteiger partial charge on any atom is -0.378 e. The molecule has 1 atom stereocenters. The molecule has 2 aromatic rings. The average Bonchev–Trinajstić information content (AvgIpc) is 2.97. The first-order valence-corrected chi connectivity index (χ1v) is 6.90. The number of para-hydroxylation sites is 1. The summed E-state index contributed by atoms with van der Waals surface area (Å²) in [6, 6.07) is 19.4. The first-order valence-electron chi connectivity index (χ1n) is 6.90. The van der Waals surface area contributed by atoms with Crippen molar-refractivity contribution in [2.24, 2.45) is 5.10 Å². The summed E-state index contributed by atoms with van der Waals surface area (Å²) in [7, 11) is 4.12. The Morgan fingerprint density at radius 1 is 1.00 bits per heavy atom. The Morgan fingerprint density at radius 2 is 1.70 bits per heavy atom. The lowest BCUT2D eigenvalue weighted by molar-refractivity contribution is 0.709. The molecule has 0 radical (unpaired) electrons. The van der Waals surface area contributed by atoms with Crippen LogP contribution in [0.2, 0.25) is 0 Å². The largest absolute Gasteiger partial charge is 0.378 e. The Bertz CT molecular complexity index is 587. The second-order valence-corrected chi connectivity index (χ2v) is 5.22. The van der Waals surface area contributed by atoms with E-state index in [1.807, 2.05) is 12.3 Å². The fourth-order valence-corrected chi connectivity index (χ4v) is 2.51. The predicted octanol–water partition coefficient (Wildman–Crippen LogP) is 3.69. The van der Waals surface area contributed by atoms with Gasteiger partial charge in [0, 0.05) is 32.4 Å². The van der Waals surface area contributed by atoms with Gasteiger partial charge >= 0.3 is 0 Å². The van der Waals surface area contributed by atoms with Crippen LogP contribution >= 0.6 is 0 Å². The molecule has 20 heavy (non-hydrogen) atoms. The molecule has 1 aliphatic heterocycles. The van der Waals surface area contributed by atoms with E-state index in [1.165, 1.54) is 11.3 Å². The molecule has 3 rings (SSSR count). The fraction of sp³-hybridized carbons (Fsp3) is 0.235. The first kappa shape index (κ1) is 12.7. The summed E-state index contributed by atoms with van der Waals surface area (Å²) in [5, 5.41) is 6.62. The number of hydrogen-bond donors (Lipinski definition) is 0. The van der Waals surface area contributed by atoms with E-state index in [0.717, 1.165) is 12.1 Å². The monoisotopic (exact) mass is 265 g/mol. The molecule has 1 heterocycles. The SMILES string of the molecule is CN(C)c1ccc([C@H]2CC=NN2c2ccccc2)cc1. The summed E-state index contributed by atoms with van der Waals surface area (Å²) in [6.07, 6.45) is 2.95. The van der Waals surface area contributed by atoms with Crippen LogP contribution in [0, 0.1) is 0 Å². The van der Waals surface area contributed by atoms with E-state index in [-0.39, 0.29) is 0 Å². The predicted molar refractivity (Wildman–Crippen MR) is 85.5 cm³/mol. The maximum absolute atomic E-state index is 4.52. The maximum Gasteiger partial charge on any atom is 0.0825 e. The lowest BCUT2D eigenvalue weighted by Crippen LogP contribution is -2.18. The van der Waals surface area contributed by atoms with Crippen LogP contribution in [0.3, 0.4) is 0 Å².